The Bertz CT molecular complexity index is 631. The van der Waals surface area contributed by atoms with Crippen LogP contribution < -0.4 is 5.32 Å². The first-order chi connectivity index (χ1) is 11.9. The number of hydrogen-bond acceptors (Lipinski definition) is 5. The summed E-state index contributed by atoms with van der Waals surface area (Å²) in [7, 11) is 0. The molecule has 1 aromatic rings. The third kappa shape index (κ3) is 4.19. The van der Waals surface area contributed by atoms with Gasteiger partial charge in [-0.05, 0) is 25.7 Å². The lowest BCUT2D eigenvalue weighted by molar-refractivity contribution is -0.141. The molecule has 1 aliphatic heterocycles. The Hall–Kier alpha value is -1.50. The highest BCUT2D eigenvalue weighted by atomic mass is 32.1. The van der Waals surface area contributed by atoms with Crippen molar-refractivity contribution in [3.63, 3.8) is 0 Å². The van der Waals surface area contributed by atoms with Gasteiger partial charge in [-0.2, -0.15) is 0 Å². The van der Waals surface area contributed by atoms with Crippen LogP contribution in [0.15, 0.2) is 0 Å². The normalized spacial score (nSPS) is 22.2. The van der Waals surface area contributed by atoms with E-state index in [1.807, 2.05) is 0 Å². The van der Waals surface area contributed by atoms with Gasteiger partial charge in [-0.15, -0.1) is 10.2 Å². The number of likely N-dealkylation sites (tertiary alicyclic amines) is 1. The van der Waals surface area contributed by atoms with Crippen molar-refractivity contribution in [2.24, 2.45) is 5.92 Å². The molecule has 6 nitrogen and oxygen atoms in total. The van der Waals surface area contributed by atoms with Crippen LogP contribution in [-0.4, -0.2) is 39.5 Å². The Morgan fingerprint density at radius 2 is 1.80 bits per heavy atom. The maximum atomic E-state index is 12.8. The summed E-state index contributed by atoms with van der Waals surface area (Å²) in [6.07, 6.45) is 7.03. The Balaban J connectivity index is 1.64. The molecule has 0 radical (unpaired) electrons. The Kier molecular flexibility index (Phi) is 5.41. The minimum Gasteiger partial charge on any atom is -0.330 e. The fourth-order valence-corrected chi connectivity index (χ4v) is 4.46. The standard InChI is InChI=1S/C18H28N4O2S/c1-18(2,3)16-20-21-17(25-16)19-14(23)13-10-7-11-22(13)15(24)12-8-5-4-6-9-12/h12-13H,4-11H2,1-3H3,(H,19,21,23). The van der Waals surface area contributed by atoms with E-state index in [1.54, 1.807) is 4.90 Å². The van der Waals surface area contributed by atoms with Gasteiger partial charge in [-0.25, -0.2) is 0 Å². The van der Waals surface area contributed by atoms with E-state index in [-0.39, 0.29) is 29.2 Å². The molecular formula is C18H28N4O2S. The Morgan fingerprint density at radius 1 is 1.08 bits per heavy atom. The van der Waals surface area contributed by atoms with Crippen LogP contribution in [0.3, 0.4) is 0 Å². The van der Waals surface area contributed by atoms with Crippen LogP contribution in [0.1, 0.15) is 70.7 Å². The van der Waals surface area contributed by atoms with E-state index in [4.69, 9.17) is 0 Å². The number of nitrogens with zero attached hydrogens (tertiary/aromatic N) is 3. The predicted molar refractivity (Wildman–Crippen MR) is 98.5 cm³/mol. The summed E-state index contributed by atoms with van der Waals surface area (Å²) in [5, 5.41) is 12.5. The second kappa shape index (κ2) is 7.40. The van der Waals surface area contributed by atoms with Crippen LogP contribution in [-0.2, 0) is 15.0 Å². The molecule has 2 amide bonds. The zero-order valence-electron chi connectivity index (χ0n) is 15.4. The first kappa shape index (κ1) is 18.3. The number of anilines is 1. The third-order valence-electron chi connectivity index (χ3n) is 5.09. The van der Waals surface area contributed by atoms with E-state index in [1.165, 1.54) is 17.8 Å². The van der Waals surface area contributed by atoms with Gasteiger partial charge in [0.1, 0.15) is 11.0 Å². The van der Waals surface area contributed by atoms with E-state index in [0.717, 1.165) is 43.5 Å². The summed E-state index contributed by atoms with van der Waals surface area (Å²) >= 11 is 1.41. The molecule has 1 saturated carbocycles. The van der Waals surface area contributed by atoms with E-state index < -0.39 is 0 Å². The minimum atomic E-state index is -0.364. The summed E-state index contributed by atoms with van der Waals surface area (Å²) in [5.74, 6) is 0.152. The number of hydrogen-bond donors (Lipinski definition) is 1. The summed E-state index contributed by atoms with van der Waals surface area (Å²) in [6, 6.07) is -0.364. The molecule has 7 heteroatoms. The van der Waals surface area contributed by atoms with Gasteiger partial charge in [0.15, 0.2) is 0 Å². The minimum absolute atomic E-state index is 0.0863. The second-order valence-corrected chi connectivity index (χ2v) is 9.15. The smallest absolute Gasteiger partial charge is 0.249 e. The molecule has 138 valence electrons. The maximum Gasteiger partial charge on any atom is 0.249 e. The van der Waals surface area contributed by atoms with Crippen molar-refractivity contribution in [3.05, 3.63) is 5.01 Å². The summed E-state index contributed by atoms with van der Waals surface area (Å²) in [5.41, 5.74) is -0.0863. The monoisotopic (exact) mass is 364 g/mol. The zero-order valence-corrected chi connectivity index (χ0v) is 16.2. The van der Waals surface area contributed by atoms with Crippen LogP contribution in [0.4, 0.5) is 5.13 Å². The molecule has 0 aromatic carbocycles. The SMILES string of the molecule is CC(C)(C)c1nnc(NC(=O)C2CCCN2C(=O)C2CCCCC2)s1. The van der Waals surface area contributed by atoms with Gasteiger partial charge in [0.2, 0.25) is 16.9 Å². The lowest BCUT2D eigenvalue weighted by atomic mass is 9.88. The fourth-order valence-electron chi connectivity index (χ4n) is 3.65. The predicted octanol–water partition coefficient (Wildman–Crippen LogP) is 3.35. The van der Waals surface area contributed by atoms with Crippen LogP contribution >= 0.6 is 11.3 Å². The molecule has 0 spiro atoms. The van der Waals surface area contributed by atoms with E-state index in [0.29, 0.717) is 11.7 Å². The molecule has 25 heavy (non-hydrogen) atoms. The van der Waals surface area contributed by atoms with Crippen molar-refractivity contribution in [1.29, 1.82) is 0 Å². The number of rotatable bonds is 3. The summed E-state index contributed by atoms with van der Waals surface area (Å²) in [4.78, 5) is 27.3. The lowest BCUT2D eigenvalue weighted by Crippen LogP contribution is -2.46. The van der Waals surface area contributed by atoms with Crippen LogP contribution in [0, 0.1) is 5.92 Å². The van der Waals surface area contributed by atoms with Gasteiger partial charge in [0.25, 0.3) is 0 Å². The molecule has 1 unspecified atom stereocenters. The Labute approximate surface area is 153 Å². The van der Waals surface area contributed by atoms with E-state index >= 15 is 0 Å². The first-order valence-electron chi connectivity index (χ1n) is 9.31. The molecule has 1 atom stereocenters. The van der Waals surface area contributed by atoms with Crippen LogP contribution in [0.25, 0.3) is 0 Å². The highest BCUT2D eigenvalue weighted by molar-refractivity contribution is 7.15. The largest absolute Gasteiger partial charge is 0.330 e. The topological polar surface area (TPSA) is 75.2 Å². The fraction of sp³-hybridized carbons (Fsp3) is 0.778. The van der Waals surface area contributed by atoms with Gasteiger partial charge >= 0.3 is 0 Å². The molecule has 2 heterocycles. The lowest BCUT2D eigenvalue weighted by Gasteiger charge is -2.29. The number of carbonyl (C=O) groups is 2. The van der Waals surface area contributed by atoms with Crippen molar-refractivity contribution in [2.75, 3.05) is 11.9 Å². The van der Waals surface area contributed by atoms with Crippen molar-refractivity contribution in [3.8, 4) is 0 Å². The van der Waals surface area contributed by atoms with E-state index in [9.17, 15) is 9.59 Å². The number of aromatic nitrogens is 2. The molecule has 1 aromatic heterocycles. The zero-order chi connectivity index (χ0) is 18.0. The van der Waals surface area contributed by atoms with Gasteiger partial charge < -0.3 is 4.90 Å². The first-order valence-corrected chi connectivity index (χ1v) is 10.1. The van der Waals surface area contributed by atoms with Gasteiger partial charge in [-0.1, -0.05) is 51.4 Å². The number of carbonyl (C=O) groups excluding carboxylic acids is 2. The molecule has 0 bridgehead atoms. The molecular weight excluding hydrogens is 336 g/mol. The van der Waals surface area contributed by atoms with Crippen molar-refractivity contribution >= 4 is 28.3 Å². The van der Waals surface area contributed by atoms with Crippen molar-refractivity contribution < 1.29 is 9.59 Å². The average Bonchev–Trinajstić information content (AvgIpc) is 3.23. The van der Waals surface area contributed by atoms with E-state index in [2.05, 4.69) is 36.3 Å². The molecule has 2 aliphatic rings. The van der Waals surface area contributed by atoms with Crippen LogP contribution in [0.5, 0.6) is 0 Å². The molecule has 3 rings (SSSR count). The third-order valence-corrected chi connectivity index (χ3v) is 6.35. The molecule has 1 N–H and O–H groups in total. The number of nitrogens with one attached hydrogen (secondary N) is 1. The van der Waals surface area contributed by atoms with Crippen LogP contribution in [0.2, 0.25) is 0 Å². The second-order valence-electron chi connectivity index (χ2n) is 8.18. The molecule has 2 fully saturated rings. The maximum absolute atomic E-state index is 12.8. The average molecular weight is 365 g/mol. The van der Waals surface area contributed by atoms with Crippen molar-refractivity contribution in [1.82, 2.24) is 15.1 Å². The van der Waals surface area contributed by atoms with Gasteiger partial charge in [0, 0.05) is 17.9 Å². The molecule has 1 aliphatic carbocycles. The quantitative estimate of drug-likeness (QED) is 0.892. The number of amides is 2. The highest BCUT2D eigenvalue weighted by Gasteiger charge is 2.37. The Morgan fingerprint density at radius 3 is 2.44 bits per heavy atom. The summed E-state index contributed by atoms with van der Waals surface area (Å²) in [6.45, 7) is 6.90. The molecule has 1 saturated heterocycles. The highest BCUT2D eigenvalue weighted by Crippen LogP contribution is 2.30. The summed E-state index contributed by atoms with van der Waals surface area (Å²) < 4.78 is 0. The van der Waals surface area contributed by atoms with Gasteiger partial charge in [-0.3, -0.25) is 14.9 Å². The van der Waals surface area contributed by atoms with Gasteiger partial charge in [0.05, 0.1) is 0 Å². The van der Waals surface area contributed by atoms with Crippen molar-refractivity contribution in [2.45, 2.75) is 77.2 Å².